The molecule has 0 saturated heterocycles. The quantitative estimate of drug-likeness (QED) is 0.396. The molecule has 6 nitrogen and oxygen atoms in total. The number of benzene rings is 2. The number of anilines is 1. The van der Waals surface area contributed by atoms with E-state index in [9.17, 15) is 4.79 Å². The molecule has 158 valence electrons. The van der Waals surface area contributed by atoms with Crippen molar-refractivity contribution in [2.24, 2.45) is 0 Å². The summed E-state index contributed by atoms with van der Waals surface area (Å²) in [4.78, 5) is 24.1. The molecule has 1 amide bonds. The first-order valence-electron chi connectivity index (χ1n) is 10.0. The van der Waals surface area contributed by atoms with Gasteiger partial charge in [0.2, 0.25) is 5.91 Å². The first-order valence-corrected chi connectivity index (χ1v) is 10.8. The van der Waals surface area contributed by atoms with E-state index in [0.717, 1.165) is 32.8 Å². The number of pyridine rings is 1. The average molecular weight is 434 g/mol. The lowest BCUT2D eigenvalue weighted by atomic mass is 10.1. The fraction of sp³-hybridized carbons (Fsp3) is 0.208. The molecule has 31 heavy (non-hydrogen) atoms. The van der Waals surface area contributed by atoms with Gasteiger partial charge in [-0.05, 0) is 48.4 Å². The zero-order chi connectivity index (χ0) is 21.6. The van der Waals surface area contributed by atoms with Crippen molar-refractivity contribution in [1.29, 1.82) is 0 Å². The molecule has 0 saturated carbocycles. The van der Waals surface area contributed by atoms with Crippen LogP contribution in [0.15, 0.2) is 67.0 Å². The molecule has 0 spiro atoms. The minimum absolute atomic E-state index is 0.0361. The normalized spacial score (nSPS) is 10.8. The number of amides is 1. The fourth-order valence-electron chi connectivity index (χ4n) is 3.25. The molecule has 0 fully saturated rings. The number of fused-ring (bicyclic) bond motifs is 1. The first-order chi connectivity index (χ1) is 15.2. The summed E-state index contributed by atoms with van der Waals surface area (Å²) in [6.07, 6.45) is 3.75. The van der Waals surface area contributed by atoms with Crippen LogP contribution in [0.1, 0.15) is 18.1 Å². The Hall–Kier alpha value is -3.45. The Morgan fingerprint density at radius 3 is 2.61 bits per heavy atom. The van der Waals surface area contributed by atoms with Crippen molar-refractivity contribution in [1.82, 2.24) is 9.97 Å². The van der Waals surface area contributed by atoms with E-state index in [1.54, 1.807) is 24.4 Å². The van der Waals surface area contributed by atoms with Crippen LogP contribution in [-0.4, -0.2) is 29.6 Å². The maximum absolute atomic E-state index is 13.4. The van der Waals surface area contributed by atoms with E-state index >= 15 is 0 Å². The molecule has 0 bridgehead atoms. The maximum atomic E-state index is 13.4. The number of carbonyl (C=O) groups excluding carboxylic acids is 1. The third-order valence-electron chi connectivity index (χ3n) is 4.78. The first kappa shape index (κ1) is 20.8. The van der Waals surface area contributed by atoms with E-state index in [1.165, 1.54) is 11.3 Å². The number of ether oxygens (including phenoxy) is 2. The van der Waals surface area contributed by atoms with E-state index in [4.69, 9.17) is 14.5 Å². The Balaban J connectivity index is 1.67. The predicted molar refractivity (Wildman–Crippen MR) is 123 cm³/mol. The van der Waals surface area contributed by atoms with E-state index < -0.39 is 0 Å². The van der Waals surface area contributed by atoms with Gasteiger partial charge in [-0.15, -0.1) is 0 Å². The molecular formula is C24H23N3O3S. The molecule has 7 heteroatoms. The Kier molecular flexibility index (Phi) is 6.43. The average Bonchev–Trinajstić information content (AvgIpc) is 3.24. The summed E-state index contributed by atoms with van der Waals surface area (Å²) in [5, 5.41) is 0.643. The number of methoxy groups -OCH3 is 1. The third-order valence-corrected chi connectivity index (χ3v) is 5.82. The number of hydrogen-bond donors (Lipinski definition) is 0. The van der Waals surface area contributed by atoms with Crippen molar-refractivity contribution in [3.8, 4) is 11.5 Å². The Morgan fingerprint density at radius 1 is 1.06 bits per heavy atom. The van der Waals surface area contributed by atoms with Gasteiger partial charge in [-0.3, -0.25) is 14.7 Å². The number of nitrogens with zero attached hydrogens (tertiary/aromatic N) is 3. The van der Waals surface area contributed by atoms with Crippen LogP contribution in [0.3, 0.4) is 0 Å². The molecule has 0 radical (unpaired) electrons. The Labute approximate surface area is 185 Å². The smallest absolute Gasteiger partial charge is 0.233 e. The number of hydrogen-bond acceptors (Lipinski definition) is 6. The zero-order valence-electron chi connectivity index (χ0n) is 17.4. The molecule has 0 aliphatic heterocycles. The SMILES string of the molecule is CCOc1cccc2sc(N(Cc3cccnc3)C(=O)Cc3ccc(OC)cc3)nc12. The van der Waals surface area contributed by atoms with Crippen LogP contribution >= 0.6 is 11.3 Å². The van der Waals surface area contributed by atoms with Gasteiger partial charge in [0.15, 0.2) is 5.13 Å². The van der Waals surface area contributed by atoms with Gasteiger partial charge in [0, 0.05) is 12.4 Å². The topological polar surface area (TPSA) is 64.5 Å². The molecule has 2 heterocycles. The van der Waals surface area contributed by atoms with Crippen molar-refractivity contribution >= 4 is 32.6 Å². The number of aromatic nitrogens is 2. The van der Waals surface area contributed by atoms with E-state index in [2.05, 4.69) is 4.98 Å². The monoisotopic (exact) mass is 433 g/mol. The second kappa shape index (κ2) is 9.57. The summed E-state index contributed by atoms with van der Waals surface area (Å²) in [7, 11) is 1.62. The Morgan fingerprint density at radius 2 is 1.90 bits per heavy atom. The number of carbonyl (C=O) groups is 1. The summed E-state index contributed by atoms with van der Waals surface area (Å²) in [5.74, 6) is 1.45. The lowest BCUT2D eigenvalue weighted by Gasteiger charge is -2.20. The molecule has 0 aliphatic rings. The lowest BCUT2D eigenvalue weighted by molar-refractivity contribution is -0.118. The minimum Gasteiger partial charge on any atom is -0.497 e. The van der Waals surface area contributed by atoms with Crippen LogP contribution in [0, 0.1) is 0 Å². The van der Waals surface area contributed by atoms with Gasteiger partial charge in [0.25, 0.3) is 0 Å². The van der Waals surface area contributed by atoms with E-state index in [-0.39, 0.29) is 12.3 Å². The highest BCUT2D eigenvalue weighted by Crippen LogP contribution is 2.35. The van der Waals surface area contributed by atoms with Gasteiger partial charge in [-0.1, -0.05) is 35.6 Å². The molecule has 0 unspecified atom stereocenters. The van der Waals surface area contributed by atoms with Gasteiger partial charge in [-0.25, -0.2) is 4.98 Å². The minimum atomic E-state index is -0.0361. The molecule has 0 atom stereocenters. The second-order valence-corrected chi connectivity index (χ2v) is 7.91. The van der Waals surface area contributed by atoms with E-state index in [0.29, 0.717) is 18.3 Å². The summed E-state index contributed by atoms with van der Waals surface area (Å²) in [5.41, 5.74) is 2.63. The molecule has 2 aromatic carbocycles. The van der Waals surface area contributed by atoms with Crippen LogP contribution in [0.2, 0.25) is 0 Å². The summed E-state index contributed by atoms with van der Waals surface area (Å²) in [6, 6.07) is 17.2. The fourth-order valence-corrected chi connectivity index (χ4v) is 4.25. The third kappa shape index (κ3) is 4.83. The highest BCUT2D eigenvalue weighted by atomic mass is 32.1. The molecule has 2 aromatic heterocycles. The van der Waals surface area contributed by atoms with Crippen molar-refractivity contribution in [3.05, 3.63) is 78.1 Å². The van der Waals surface area contributed by atoms with Crippen LogP contribution in [0.4, 0.5) is 5.13 Å². The molecule has 0 aliphatic carbocycles. The van der Waals surface area contributed by atoms with Crippen molar-refractivity contribution in [2.45, 2.75) is 19.9 Å². The predicted octanol–water partition coefficient (Wildman–Crippen LogP) is 4.87. The number of rotatable bonds is 8. The standard InChI is InChI=1S/C24H23N3O3S/c1-3-30-20-7-4-8-21-23(20)26-24(31-21)27(16-18-6-5-13-25-15-18)22(28)14-17-9-11-19(29-2)12-10-17/h4-13,15H,3,14,16H2,1-2H3. The van der Waals surface area contributed by atoms with Crippen LogP contribution in [-0.2, 0) is 17.8 Å². The van der Waals surface area contributed by atoms with Gasteiger partial charge in [0.05, 0.1) is 31.4 Å². The summed E-state index contributed by atoms with van der Waals surface area (Å²) in [6.45, 7) is 2.90. The van der Waals surface area contributed by atoms with Crippen LogP contribution in [0.5, 0.6) is 11.5 Å². The largest absolute Gasteiger partial charge is 0.497 e. The van der Waals surface area contributed by atoms with Crippen molar-refractivity contribution in [2.75, 3.05) is 18.6 Å². The lowest BCUT2D eigenvalue weighted by Crippen LogP contribution is -2.31. The zero-order valence-corrected chi connectivity index (χ0v) is 18.3. The maximum Gasteiger partial charge on any atom is 0.233 e. The highest BCUT2D eigenvalue weighted by molar-refractivity contribution is 7.22. The van der Waals surface area contributed by atoms with E-state index in [1.807, 2.05) is 61.5 Å². The van der Waals surface area contributed by atoms with Crippen LogP contribution < -0.4 is 14.4 Å². The number of para-hydroxylation sites is 1. The molecule has 4 rings (SSSR count). The second-order valence-electron chi connectivity index (χ2n) is 6.90. The van der Waals surface area contributed by atoms with Crippen molar-refractivity contribution in [3.63, 3.8) is 0 Å². The molecule has 0 N–H and O–H groups in total. The molecular weight excluding hydrogens is 410 g/mol. The molecule has 4 aromatic rings. The van der Waals surface area contributed by atoms with Crippen LogP contribution in [0.25, 0.3) is 10.2 Å². The summed E-state index contributed by atoms with van der Waals surface area (Å²) < 4.78 is 11.9. The highest BCUT2D eigenvalue weighted by Gasteiger charge is 2.22. The van der Waals surface area contributed by atoms with Crippen molar-refractivity contribution < 1.29 is 14.3 Å². The van der Waals surface area contributed by atoms with Gasteiger partial charge in [0.1, 0.15) is 17.0 Å². The van der Waals surface area contributed by atoms with Gasteiger partial charge >= 0.3 is 0 Å². The number of thiazole rings is 1. The summed E-state index contributed by atoms with van der Waals surface area (Å²) >= 11 is 1.48. The van der Waals surface area contributed by atoms with Gasteiger partial charge < -0.3 is 9.47 Å². The Bertz CT molecular complexity index is 1160. The van der Waals surface area contributed by atoms with Gasteiger partial charge in [-0.2, -0.15) is 0 Å².